The number of amides is 1. The van der Waals surface area contributed by atoms with Crippen LogP contribution in [-0.2, 0) is 0 Å². The molecule has 7 nitrogen and oxygen atoms in total. The van der Waals surface area contributed by atoms with Crippen molar-refractivity contribution in [2.24, 2.45) is 0 Å². The highest BCUT2D eigenvalue weighted by molar-refractivity contribution is 7.14. The maximum absolute atomic E-state index is 14.1. The van der Waals surface area contributed by atoms with Crippen molar-refractivity contribution in [1.29, 1.82) is 0 Å². The van der Waals surface area contributed by atoms with Gasteiger partial charge in [-0.25, -0.2) is 14.1 Å². The number of rotatable bonds is 4. The maximum Gasteiger partial charge on any atom is 0.281 e. The van der Waals surface area contributed by atoms with Crippen molar-refractivity contribution >= 4 is 22.4 Å². The van der Waals surface area contributed by atoms with Gasteiger partial charge in [0.15, 0.2) is 10.8 Å². The lowest BCUT2D eigenvalue weighted by molar-refractivity contribution is 0.101. The van der Waals surface area contributed by atoms with Gasteiger partial charge in [0.2, 0.25) is 5.43 Å². The van der Waals surface area contributed by atoms with Crippen LogP contribution in [0.1, 0.15) is 16.2 Å². The number of aromatic nitrogens is 4. The highest BCUT2D eigenvalue weighted by Gasteiger charge is 2.18. The molecule has 0 atom stereocenters. The summed E-state index contributed by atoms with van der Waals surface area (Å²) < 4.78 is 15.4. The molecule has 1 N–H and O–H groups in total. The summed E-state index contributed by atoms with van der Waals surface area (Å²) in [7, 11) is 0. The zero-order valence-corrected chi connectivity index (χ0v) is 16.0. The molecule has 0 aliphatic rings. The summed E-state index contributed by atoms with van der Waals surface area (Å²) in [5.74, 6) is -1.24. The smallest absolute Gasteiger partial charge is 0.281 e. The van der Waals surface area contributed by atoms with E-state index >= 15 is 0 Å². The van der Waals surface area contributed by atoms with Gasteiger partial charge in [-0.1, -0.05) is 18.2 Å². The van der Waals surface area contributed by atoms with Gasteiger partial charge in [0.25, 0.3) is 5.91 Å². The Morgan fingerprint density at radius 1 is 1.14 bits per heavy atom. The van der Waals surface area contributed by atoms with Crippen LogP contribution in [0.25, 0.3) is 17.1 Å². The van der Waals surface area contributed by atoms with Crippen molar-refractivity contribution in [1.82, 2.24) is 19.7 Å². The molecule has 0 aliphatic carbocycles. The fourth-order valence-electron chi connectivity index (χ4n) is 2.69. The first-order chi connectivity index (χ1) is 14.0. The van der Waals surface area contributed by atoms with Gasteiger partial charge in [-0.3, -0.25) is 19.9 Å². The largest absolute Gasteiger partial charge is 0.296 e. The Kier molecular flexibility index (Phi) is 4.96. The number of carbonyl (C=O) groups excluding carboxylic acids is 1. The minimum absolute atomic E-state index is 0.144. The number of anilines is 1. The van der Waals surface area contributed by atoms with Crippen LogP contribution in [0.15, 0.2) is 64.9 Å². The number of halogens is 1. The number of aryl methyl sites for hydroxylation is 1. The molecule has 3 heterocycles. The number of thiazole rings is 1. The van der Waals surface area contributed by atoms with Gasteiger partial charge in [-0.05, 0) is 31.2 Å². The predicted octanol–water partition coefficient (Wildman–Crippen LogP) is 3.45. The molecule has 0 bridgehead atoms. The summed E-state index contributed by atoms with van der Waals surface area (Å²) in [5, 5.41) is 8.70. The van der Waals surface area contributed by atoms with Crippen LogP contribution in [-0.4, -0.2) is 25.7 Å². The first-order valence-corrected chi connectivity index (χ1v) is 9.45. The molecule has 29 heavy (non-hydrogen) atoms. The van der Waals surface area contributed by atoms with Crippen LogP contribution in [0.3, 0.4) is 0 Å². The third-order valence-electron chi connectivity index (χ3n) is 4.06. The summed E-state index contributed by atoms with van der Waals surface area (Å²) in [6.07, 6.45) is 1.65. The molecule has 0 fully saturated rings. The highest BCUT2D eigenvalue weighted by atomic mass is 32.1. The molecule has 0 saturated heterocycles. The second-order valence-corrected chi connectivity index (χ2v) is 6.93. The van der Waals surface area contributed by atoms with Crippen LogP contribution in [0.4, 0.5) is 9.52 Å². The second-order valence-electron chi connectivity index (χ2n) is 6.07. The van der Waals surface area contributed by atoms with Crippen molar-refractivity contribution in [3.63, 3.8) is 0 Å². The Bertz CT molecular complexity index is 1250. The molecule has 0 spiro atoms. The average Bonchev–Trinajstić information content (AvgIpc) is 3.18. The molecule has 1 amide bonds. The lowest BCUT2D eigenvalue weighted by Crippen LogP contribution is -2.27. The van der Waals surface area contributed by atoms with Crippen molar-refractivity contribution in [3.05, 3.63) is 87.5 Å². The molecular formula is C20H14FN5O2S. The number of nitrogens with zero attached hydrogens (tertiary/aromatic N) is 4. The minimum Gasteiger partial charge on any atom is -0.296 e. The quantitative estimate of drug-likeness (QED) is 0.560. The highest BCUT2D eigenvalue weighted by Crippen LogP contribution is 2.23. The SMILES string of the molecule is Cc1cc(=O)c(C(=O)Nc2nc(-c3ccccn3)cs2)nn1-c1ccccc1F. The molecule has 0 unspecified atom stereocenters. The summed E-state index contributed by atoms with van der Waals surface area (Å²) in [5.41, 5.74) is 0.905. The van der Waals surface area contributed by atoms with Gasteiger partial charge < -0.3 is 0 Å². The minimum atomic E-state index is -0.720. The number of nitrogens with one attached hydrogen (secondary N) is 1. The van der Waals surface area contributed by atoms with E-state index < -0.39 is 17.2 Å². The lowest BCUT2D eigenvalue weighted by atomic mass is 10.2. The Morgan fingerprint density at radius 3 is 2.69 bits per heavy atom. The number of benzene rings is 1. The van der Waals surface area contributed by atoms with Crippen LogP contribution in [0, 0.1) is 12.7 Å². The Labute approximate surface area is 168 Å². The van der Waals surface area contributed by atoms with E-state index in [-0.39, 0.29) is 11.4 Å². The molecule has 3 aromatic heterocycles. The Morgan fingerprint density at radius 2 is 1.93 bits per heavy atom. The van der Waals surface area contributed by atoms with E-state index in [1.54, 1.807) is 42.8 Å². The molecule has 0 radical (unpaired) electrons. The third-order valence-corrected chi connectivity index (χ3v) is 4.81. The van der Waals surface area contributed by atoms with Crippen LogP contribution < -0.4 is 10.7 Å². The molecule has 4 aromatic rings. The zero-order valence-electron chi connectivity index (χ0n) is 15.2. The van der Waals surface area contributed by atoms with Gasteiger partial charge >= 0.3 is 0 Å². The van der Waals surface area contributed by atoms with Gasteiger partial charge in [0.05, 0.1) is 5.69 Å². The maximum atomic E-state index is 14.1. The summed E-state index contributed by atoms with van der Waals surface area (Å²) in [4.78, 5) is 33.5. The standard InChI is InChI=1S/C20H14FN5O2S/c1-12-10-17(27)18(25-26(12)16-8-3-2-6-13(16)21)19(28)24-20-23-15(11-29-20)14-7-4-5-9-22-14/h2-11H,1H3,(H,23,24,28). The van der Waals surface area contributed by atoms with Crippen molar-refractivity contribution in [3.8, 4) is 17.1 Å². The number of para-hydroxylation sites is 1. The molecule has 144 valence electrons. The Hall–Kier alpha value is -3.72. The molecule has 1 aromatic carbocycles. The second kappa shape index (κ2) is 7.72. The first-order valence-electron chi connectivity index (χ1n) is 8.57. The molecule has 0 saturated carbocycles. The van der Waals surface area contributed by atoms with E-state index in [1.165, 1.54) is 34.2 Å². The van der Waals surface area contributed by atoms with Gasteiger partial charge in [-0.15, -0.1) is 11.3 Å². The number of carbonyl (C=O) groups is 1. The van der Waals surface area contributed by atoms with Crippen molar-refractivity contribution in [2.45, 2.75) is 6.92 Å². The van der Waals surface area contributed by atoms with Crippen LogP contribution >= 0.6 is 11.3 Å². The average molecular weight is 407 g/mol. The molecular weight excluding hydrogens is 393 g/mol. The molecule has 0 aliphatic heterocycles. The van der Waals surface area contributed by atoms with Gasteiger partial charge in [0.1, 0.15) is 17.2 Å². The summed E-state index contributed by atoms with van der Waals surface area (Å²) in [6, 6.07) is 12.7. The van der Waals surface area contributed by atoms with Crippen molar-refractivity contribution in [2.75, 3.05) is 5.32 Å². The monoisotopic (exact) mass is 407 g/mol. The Balaban J connectivity index is 1.64. The summed E-state index contributed by atoms with van der Waals surface area (Å²) in [6.45, 7) is 1.61. The number of hydrogen-bond donors (Lipinski definition) is 1. The number of hydrogen-bond acceptors (Lipinski definition) is 6. The lowest BCUT2D eigenvalue weighted by Gasteiger charge is -2.11. The van der Waals surface area contributed by atoms with E-state index in [1.807, 2.05) is 6.07 Å². The predicted molar refractivity (Wildman–Crippen MR) is 108 cm³/mol. The van der Waals surface area contributed by atoms with Crippen LogP contribution in [0.2, 0.25) is 0 Å². The molecule has 9 heteroatoms. The normalized spacial score (nSPS) is 10.7. The van der Waals surface area contributed by atoms with E-state index in [4.69, 9.17) is 0 Å². The fourth-order valence-corrected chi connectivity index (χ4v) is 3.39. The summed E-state index contributed by atoms with van der Waals surface area (Å²) >= 11 is 1.20. The van der Waals surface area contributed by atoms with E-state index in [0.29, 0.717) is 22.2 Å². The third kappa shape index (κ3) is 3.81. The number of pyridine rings is 1. The topological polar surface area (TPSA) is 89.8 Å². The zero-order chi connectivity index (χ0) is 20.4. The van der Waals surface area contributed by atoms with Gasteiger partial charge in [0, 0.05) is 23.3 Å². The van der Waals surface area contributed by atoms with Crippen molar-refractivity contribution < 1.29 is 9.18 Å². The fraction of sp³-hybridized carbons (Fsp3) is 0.0500. The van der Waals surface area contributed by atoms with E-state index in [9.17, 15) is 14.0 Å². The van der Waals surface area contributed by atoms with E-state index in [0.717, 1.165) is 0 Å². The molecule has 4 rings (SSSR count). The van der Waals surface area contributed by atoms with E-state index in [2.05, 4.69) is 20.4 Å². The van der Waals surface area contributed by atoms with Crippen LogP contribution in [0.5, 0.6) is 0 Å². The first kappa shape index (κ1) is 18.6. The van der Waals surface area contributed by atoms with Gasteiger partial charge in [-0.2, -0.15) is 5.10 Å².